The molecule has 5 aromatic rings. The van der Waals surface area contributed by atoms with Crippen LogP contribution in [0.25, 0.3) is 22.2 Å². The number of fused-ring (bicyclic) bond motifs is 1. The van der Waals surface area contributed by atoms with Gasteiger partial charge in [0.2, 0.25) is 0 Å². The Balaban J connectivity index is 1.52. The SMILES string of the molecule is O=C(c1ncoc1-c1ccccc1)N(Cc1cccnc1)Cc1c[nH]c2ccc(F)cc12. The molecule has 1 N–H and O–H groups in total. The van der Waals surface area contributed by atoms with Crippen molar-refractivity contribution < 1.29 is 13.6 Å². The number of nitrogens with one attached hydrogen (secondary N) is 1. The number of carbonyl (C=O) groups is 1. The van der Waals surface area contributed by atoms with Gasteiger partial charge < -0.3 is 14.3 Å². The molecule has 7 heteroatoms. The first kappa shape index (κ1) is 19.7. The monoisotopic (exact) mass is 426 g/mol. The molecule has 0 aliphatic heterocycles. The number of carbonyl (C=O) groups excluding carboxylic acids is 1. The fraction of sp³-hybridized carbons (Fsp3) is 0.0800. The van der Waals surface area contributed by atoms with Crippen molar-refractivity contribution in [1.82, 2.24) is 19.9 Å². The quantitative estimate of drug-likeness (QED) is 0.405. The van der Waals surface area contributed by atoms with Crippen LogP contribution in [-0.2, 0) is 13.1 Å². The molecule has 0 spiro atoms. The Bertz CT molecular complexity index is 1360. The zero-order valence-corrected chi connectivity index (χ0v) is 17.0. The third-order valence-electron chi connectivity index (χ3n) is 5.28. The number of aromatic amines is 1. The summed E-state index contributed by atoms with van der Waals surface area (Å²) in [6.45, 7) is 0.577. The number of aromatic nitrogens is 3. The third-order valence-corrected chi connectivity index (χ3v) is 5.28. The maximum absolute atomic E-state index is 13.9. The van der Waals surface area contributed by atoms with Crippen molar-refractivity contribution in [2.75, 3.05) is 0 Å². The van der Waals surface area contributed by atoms with E-state index in [1.807, 2.05) is 42.5 Å². The van der Waals surface area contributed by atoms with Crippen LogP contribution < -0.4 is 0 Å². The van der Waals surface area contributed by atoms with E-state index >= 15 is 0 Å². The molecule has 0 saturated carbocycles. The van der Waals surface area contributed by atoms with E-state index in [4.69, 9.17) is 4.42 Å². The van der Waals surface area contributed by atoms with Gasteiger partial charge in [-0.05, 0) is 35.4 Å². The molecule has 3 heterocycles. The highest BCUT2D eigenvalue weighted by Crippen LogP contribution is 2.27. The van der Waals surface area contributed by atoms with Gasteiger partial charge in [-0.1, -0.05) is 36.4 Å². The summed E-state index contributed by atoms with van der Waals surface area (Å²) in [6, 6.07) is 17.7. The van der Waals surface area contributed by atoms with E-state index in [1.165, 1.54) is 18.5 Å². The number of nitrogens with zero attached hydrogens (tertiary/aromatic N) is 3. The normalized spacial score (nSPS) is 11.0. The first-order chi connectivity index (χ1) is 15.7. The van der Waals surface area contributed by atoms with Crippen LogP contribution in [0.4, 0.5) is 4.39 Å². The minimum Gasteiger partial charge on any atom is -0.443 e. The van der Waals surface area contributed by atoms with Crippen molar-refractivity contribution >= 4 is 16.8 Å². The van der Waals surface area contributed by atoms with E-state index in [0.717, 1.165) is 27.6 Å². The summed E-state index contributed by atoms with van der Waals surface area (Å²) in [5.74, 6) is -0.199. The fourth-order valence-corrected chi connectivity index (χ4v) is 3.74. The number of benzene rings is 2. The van der Waals surface area contributed by atoms with E-state index in [0.29, 0.717) is 12.3 Å². The topological polar surface area (TPSA) is 75.0 Å². The van der Waals surface area contributed by atoms with Crippen molar-refractivity contribution in [3.8, 4) is 11.3 Å². The van der Waals surface area contributed by atoms with E-state index in [-0.39, 0.29) is 24.0 Å². The highest BCUT2D eigenvalue weighted by Gasteiger charge is 2.25. The molecule has 158 valence electrons. The third kappa shape index (κ3) is 3.88. The Morgan fingerprint density at radius 1 is 1.06 bits per heavy atom. The minimum atomic E-state index is -0.327. The molecular formula is C25H19FN4O2. The van der Waals surface area contributed by atoms with Gasteiger partial charge in [-0.2, -0.15) is 0 Å². The van der Waals surface area contributed by atoms with Gasteiger partial charge in [0.15, 0.2) is 17.8 Å². The molecule has 0 atom stereocenters. The number of rotatable bonds is 6. The lowest BCUT2D eigenvalue weighted by molar-refractivity contribution is 0.0725. The smallest absolute Gasteiger partial charge is 0.277 e. The number of hydrogen-bond donors (Lipinski definition) is 1. The van der Waals surface area contributed by atoms with Crippen LogP contribution in [-0.4, -0.2) is 25.8 Å². The maximum Gasteiger partial charge on any atom is 0.277 e. The Kier molecular flexibility index (Phi) is 5.21. The fourth-order valence-electron chi connectivity index (χ4n) is 3.74. The average molecular weight is 426 g/mol. The summed E-state index contributed by atoms with van der Waals surface area (Å²) in [5, 5.41) is 0.734. The standard InChI is InChI=1S/C25H19FN4O2/c26-20-8-9-22-21(11-20)19(13-28-22)15-30(14-17-5-4-10-27-12-17)25(31)23-24(32-16-29-23)18-6-2-1-3-7-18/h1-13,16,28H,14-15H2. The Hall–Kier alpha value is -4.26. The second-order valence-electron chi connectivity index (χ2n) is 7.42. The lowest BCUT2D eigenvalue weighted by Gasteiger charge is -2.22. The summed E-state index contributed by atoms with van der Waals surface area (Å²) in [7, 11) is 0. The van der Waals surface area contributed by atoms with Gasteiger partial charge in [0, 0.05) is 48.1 Å². The van der Waals surface area contributed by atoms with Gasteiger partial charge in [-0.3, -0.25) is 9.78 Å². The molecule has 3 aromatic heterocycles. The van der Waals surface area contributed by atoms with E-state index in [1.54, 1.807) is 29.6 Å². The molecular weight excluding hydrogens is 407 g/mol. The first-order valence-corrected chi connectivity index (χ1v) is 10.1. The zero-order chi connectivity index (χ0) is 21.9. The molecule has 0 bridgehead atoms. The van der Waals surface area contributed by atoms with Crippen molar-refractivity contribution in [2.45, 2.75) is 13.1 Å². The summed E-state index contributed by atoms with van der Waals surface area (Å²) >= 11 is 0. The number of oxazole rings is 1. The molecule has 0 aliphatic rings. The summed E-state index contributed by atoms with van der Waals surface area (Å²) in [4.78, 5) is 26.8. The van der Waals surface area contributed by atoms with Crippen LogP contribution in [0.2, 0.25) is 0 Å². The molecule has 0 aliphatic carbocycles. The molecule has 6 nitrogen and oxygen atoms in total. The van der Waals surface area contributed by atoms with Gasteiger partial charge in [0.25, 0.3) is 5.91 Å². The number of halogens is 1. The Morgan fingerprint density at radius 2 is 1.94 bits per heavy atom. The summed E-state index contributed by atoms with van der Waals surface area (Å²) in [6.07, 6.45) is 6.48. The van der Waals surface area contributed by atoms with Gasteiger partial charge >= 0.3 is 0 Å². The molecule has 1 amide bonds. The lowest BCUT2D eigenvalue weighted by Crippen LogP contribution is -2.30. The Labute approximate surface area is 183 Å². The largest absolute Gasteiger partial charge is 0.443 e. The van der Waals surface area contributed by atoms with Crippen molar-refractivity contribution in [3.05, 3.63) is 108 Å². The minimum absolute atomic E-state index is 0.228. The average Bonchev–Trinajstić information content (AvgIpc) is 3.47. The second-order valence-corrected chi connectivity index (χ2v) is 7.42. The molecule has 0 fully saturated rings. The van der Waals surface area contributed by atoms with Crippen LogP contribution in [0.1, 0.15) is 21.6 Å². The summed E-state index contributed by atoms with van der Waals surface area (Å²) < 4.78 is 19.4. The predicted molar refractivity (Wildman–Crippen MR) is 118 cm³/mol. The van der Waals surface area contributed by atoms with Crippen LogP contribution in [0.15, 0.2) is 90.1 Å². The lowest BCUT2D eigenvalue weighted by atomic mass is 10.1. The Morgan fingerprint density at radius 3 is 2.75 bits per heavy atom. The summed E-state index contributed by atoms with van der Waals surface area (Å²) in [5.41, 5.74) is 3.48. The number of hydrogen-bond acceptors (Lipinski definition) is 4. The molecule has 0 radical (unpaired) electrons. The number of pyridine rings is 1. The van der Waals surface area contributed by atoms with Gasteiger partial charge in [0.05, 0.1) is 0 Å². The van der Waals surface area contributed by atoms with Gasteiger partial charge in [0.1, 0.15) is 5.82 Å². The highest BCUT2D eigenvalue weighted by atomic mass is 19.1. The van der Waals surface area contributed by atoms with Crippen LogP contribution in [0.3, 0.4) is 0 Å². The molecule has 32 heavy (non-hydrogen) atoms. The van der Waals surface area contributed by atoms with Crippen LogP contribution >= 0.6 is 0 Å². The van der Waals surface area contributed by atoms with Crippen LogP contribution in [0.5, 0.6) is 0 Å². The van der Waals surface area contributed by atoms with Crippen LogP contribution in [0, 0.1) is 5.82 Å². The predicted octanol–water partition coefficient (Wildman–Crippen LogP) is 5.20. The zero-order valence-electron chi connectivity index (χ0n) is 17.0. The van der Waals surface area contributed by atoms with Crippen molar-refractivity contribution in [3.63, 3.8) is 0 Å². The van der Waals surface area contributed by atoms with Crippen molar-refractivity contribution in [1.29, 1.82) is 0 Å². The van der Waals surface area contributed by atoms with E-state index in [2.05, 4.69) is 15.0 Å². The highest BCUT2D eigenvalue weighted by molar-refractivity contribution is 5.98. The van der Waals surface area contributed by atoms with Crippen molar-refractivity contribution in [2.24, 2.45) is 0 Å². The number of H-pyrrole nitrogens is 1. The maximum atomic E-state index is 13.9. The number of amides is 1. The molecule has 0 unspecified atom stereocenters. The van der Waals surface area contributed by atoms with E-state index < -0.39 is 0 Å². The first-order valence-electron chi connectivity index (χ1n) is 10.1. The molecule has 0 saturated heterocycles. The van der Waals surface area contributed by atoms with Gasteiger partial charge in [-0.15, -0.1) is 0 Å². The van der Waals surface area contributed by atoms with E-state index in [9.17, 15) is 9.18 Å². The van der Waals surface area contributed by atoms with Gasteiger partial charge in [-0.25, -0.2) is 9.37 Å². The second kappa shape index (κ2) is 8.47. The molecule has 2 aromatic carbocycles. The molecule has 5 rings (SSSR count).